The van der Waals surface area contributed by atoms with Gasteiger partial charge in [0.05, 0.1) is 11.1 Å². The highest BCUT2D eigenvalue weighted by Gasteiger charge is 2.38. The lowest BCUT2D eigenvalue weighted by atomic mass is 9.79. The van der Waals surface area contributed by atoms with E-state index in [9.17, 15) is 9.90 Å². The Morgan fingerprint density at radius 1 is 1.39 bits per heavy atom. The quantitative estimate of drug-likeness (QED) is 0.701. The van der Waals surface area contributed by atoms with Crippen LogP contribution in [0.15, 0.2) is 24.3 Å². The van der Waals surface area contributed by atoms with E-state index in [1.54, 1.807) is 18.2 Å². The highest BCUT2D eigenvalue weighted by atomic mass is 16.5. The van der Waals surface area contributed by atoms with E-state index >= 15 is 0 Å². The summed E-state index contributed by atoms with van der Waals surface area (Å²) in [7, 11) is 0. The van der Waals surface area contributed by atoms with E-state index in [1.165, 1.54) is 6.07 Å². The molecule has 1 aliphatic heterocycles. The highest BCUT2D eigenvalue weighted by Crippen LogP contribution is 2.32. The second-order valence-electron chi connectivity index (χ2n) is 4.57. The zero-order chi connectivity index (χ0) is 13.0. The van der Waals surface area contributed by atoms with Crippen LogP contribution in [0.2, 0.25) is 0 Å². The molecule has 1 heterocycles. The lowest BCUT2D eigenvalue weighted by Crippen LogP contribution is -2.46. The molecule has 0 radical (unpaired) electrons. The summed E-state index contributed by atoms with van der Waals surface area (Å²) in [5.41, 5.74) is 5.59. The normalized spacial score (nSPS) is 18.3. The number of anilines is 1. The fourth-order valence-corrected chi connectivity index (χ4v) is 2.12. The second-order valence-corrected chi connectivity index (χ2v) is 4.57. The Morgan fingerprint density at radius 3 is 2.67 bits per heavy atom. The van der Waals surface area contributed by atoms with E-state index in [0.29, 0.717) is 31.7 Å². The van der Waals surface area contributed by atoms with E-state index in [-0.39, 0.29) is 18.2 Å². The summed E-state index contributed by atoms with van der Waals surface area (Å²) in [6.45, 7) is 1.38. The van der Waals surface area contributed by atoms with Crippen LogP contribution in [-0.2, 0) is 9.53 Å². The summed E-state index contributed by atoms with van der Waals surface area (Å²) in [5.74, 6) is -0.0834. The van der Waals surface area contributed by atoms with Crippen LogP contribution >= 0.6 is 0 Å². The van der Waals surface area contributed by atoms with Crippen LogP contribution in [-0.4, -0.2) is 30.8 Å². The van der Waals surface area contributed by atoms with Gasteiger partial charge in [0.2, 0.25) is 5.91 Å². The number of para-hydroxylation sites is 2. The Hall–Kier alpha value is -1.59. The van der Waals surface area contributed by atoms with Crippen molar-refractivity contribution < 1.29 is 14.6 Å². The first-order chi connectivity index (χ1) is 8.68. The molecule has 0 spiro atoms. The van der Waals surface area contributed by atoms with Crippen LogP contribution in [0.1, 0.15) is 12.8 Å². The van der Waals surface area contributed by atoms with Gasteiger partial charge in [-0.15, -0.1) is 0 Å². The molecule has 5 heteroatoms. The number of ether oxygens (including phenoxy) is 1. The molecule has 1 amide bonds. The van der Waals surface area contributed by atoms with Gasteiger partial charge in [-0.05, 0) is 25.0 Å². The summed E-state index contributed by atoms with van der Waals surface area (Å²) in [6, 6.07) is 6.66. The van der Waals surface area contributed by atoms with E-state index < -0.39 is 5.41 Å². The molecule has 0 aliphatic carbocycles. The number of phenolic OH excluding ortho intramolecular Hbond substituents is 1. The molecule has 0 aromatic heterocycles. The SMILES string of the molecule is NCC1(C(=O)Nc2ccccc2O)CCOCC1. The van der Waals surface area contributed by atoms with Crippen LogP contribution in [0.4, 0.5) is 5.69 Å². The Kier molecular flexibility index (Phi) is 3.84. The van der Waals surface area contributed by atoms with Crippen LogP contribution < -0.4 is 11.1 Å². The predicted octanol–water partition coefficient (Wildman–Crippen LogP) is 1.09. The molecule has 1 aromatic rings. The smallest absolute Gasteiger partial charge is 0.232 e. The molecular formula is C13H18N2O3. The van der Waals surface area contributed by atoms with Crippen LogP contribution in [0, 0.1) is 5.41 Å². The second kappa shape index (κ2) is 5.37. The monoisotopic (exact) mass is 250 g/mol. The van der Waals surface area contributed by atoms with Gasteiger partial charge in [0.1, 0.15) is 5.75 Å². The fraction of sp³-hybridized carbons (Fsp3) is 0.462. The first-order valence-electron chi connectivity index (χ1n) is 6.05. The van der Waals surface area contributed by atoms with Crippen molar-refractivity contribution in [3.8, 4) is 5.75 Å². The molecule has 18 heavy (non-hydrogen) atoms. The maximum absolute atomic E-state index is 12.3. The van der Waals surface area contributed by atoms with Crippen molar-refractivity contribution in [1.82, 2.24) is 0 Å². The molecule has 0 saturated carbocycles. The number of phenols is 1. The van der Waals surface area contributed by atoms with Gasteiger partial charge in [0.15, 0.2) is 0 Å². The lowest BCUT2D eigenvalue weighted by molar-refractivity contribution is -0.130. The molecule has 0 bridgehead atoms. The van der Waals surface area contributed by atoms with Gasteiger partial charge >= 0.3 is 0 Å². The first kappa shape index (κ1) is 12.9. The summed E-state index contributed by atoms with van der Waals surface area (Å²) < 4.78 is 5.27. The molecule has 1 fully saturated rings. The molecule has 1 aliphatic rings. The average Bonchev–Trinajstić information content (AvgIpc) is 2.42. The summed E-state index contributed by atoms with van der Waals surface area (Å²) in [4.78, 5) is 12.3. The minimum Gasteiger partial charge on any atom is -0.506 e. The first-order valence-corrected chi connectivity index (χ1v) is 6.05. The minimum atomic E-state index is -0.583. The molecule has 1 aromatic carbocycles. The van der Waals surface area contributed by atoms with Gasteiger partial charge in [0, 0.05) is 19.8 Å². The zero-order valence-corrected chi connectivity index (χ0v) is 10.2. The van der Waals surface area contributed by atoms with Crippen LogP contribution in [0.25, 0.3) is 0 Å². The molecule has 4 N–H and O–H groups in total. The van der Waals surface area contributed by atoms with Gasteiger partial charge in [-0.3, -0.25) is 4.79 Å². The van der Waals surface area contributed by atoms with E-state index in [4.69, 9.17) is 10.5 Å². The molecular weight excluding hydrogens is 232 g/mol. The third-order valence-corrected chi connectivity index (χ3v) is 3.47. The van der Waals surface area contributed by atoms with Crippen molar-refractivity contribution in [3.05, 3.63) is 24.3 Å². The Balaban J connectivity index is 2.13. The molecule has 1 saturated heterocycles. The number of benzene rings is 1. The summed E-state index contributed by atoms with van der Waals surface area (Å²) in [5, 5.41) is 12.4. The standard InChI is InChI=1S/C13H18N2O3/c14-9-13(5-7-18-8-6-13)12(17)15-10-3-1-2-4-11(10)16/h1-4,16H,5-9,14H2,(H,15,17). The van der Waals surface area contributed by atoms with E-state index in [2.05, 4.69) is 5.32 Å². The third kappa shape index (κ3) is 2.47. The Morgan fingerprint density at radius 2 is 2.06 bits per heavy atom. The molecule has 0 unspecified atom stereocenters. The predicted molar refractivity (Wildman–Crippen MR) is 68.3 cm³/mol. The van der Waals surface area contributed by atoms with Crippen LogP contribution in [0.3, 0.4) is 0 Å². The topological polar surface area (TPSA) is 84.6 Å². The van der Waals surface area contributed by atoms with Crippen LogP contribution in [0.5, 0.6) is 5.75 Å². The summed E-state index contributed by atoms with van der Waals surface area (Å²) >= 11 is 0. The number of hydrogen-bond acceptors (Lipinski definition) is 4. The number of aromatic hydroxyl groups is 1. The number of hydrogen-bond donors (Lipinski definition) is 3. The molecule has 98 valence electrons. The van der Waals surface area contributed by atoms with Crippen molar-refractivity contribution in [1.29, 1.82) is 0 Å². The van der Waals surface area contributed by atoms with Crippen molar-refractivity contribution in [2.45, 2.75) is 12.8 Å². The number of nitrogens with two attached hydrogens (primary N) is 1. The Bertz CT molecular complexity index is 428. The van der Waals surface area contributed by atoms with Gasteiger partial charge in [-0.1, -0.05) is 12.1 Å². The highest BCUT2D eigenvalue weighted by molar-refractivity contribution is 5.96. The Labute approximate surface area is 106 Å². The number of amides is 1. The third-order valence-electron chi connectivity index (χ3n) is 3.47. The number of nitrogens with one attached hydrogen (secondary N) is 1. The van der Waals surface area contributed by atoms with Crippen molar-refractivity contribution in [2.24, 2.45) is 11.1 Å². The van der Waals surface area contributed by atoms with Crippen molar-refractivity contribution in [2.75, 3.05) is 25.1 Å². The number of carbonyl (C=O) groups is 1. The fourth-order valence-electron chi connectivity index (χ4n) is 2.12. The maximum Gasteiger partial charge on any atom is 0.232 e. The van der Waals surface area contributed by atoms with Gasteiger partial charge in [-0.25, -0.2) is 0 Å². The number of rotatable bonds is 3. The maximum atomic E-state index is 12.3. The molecule has 5 nitrogen and oxygen atoms in total. The van der Waals surface area contributed by atoms with Crippen molar-refractivity contribution >= 4 is 11.6 Å². The van der Waals surface area contributed by atoms with Gasteiger partial charge < -0.3 is 20.9 Å². The largest absolute Gasteiger partial charge is 0.506 e. The van der Waals surface area contributed by atoms with Gasteiger partial charge in [0.25, 0.3) is 0 Å². The van der Waals surface area contributed by atoms with E-state index in [0.717, 1.165) is 0 Å². The number of carbonyl (C=O) groups excluding carboxylic acids is 1. The molecule has 2 rings (SSSR count). The van der Waals surface area contributed by atoms with Gasteiger partial charge in [-0.2, -0.15) is 0 Å². The van der Waals surface area contributed by atoms with Crippen molar-refractivity contribution in [3.63, 3.8) is 0 Å². The zero-order valence-electron chi connectivity index (χ0n) is 10.2. The average molecular weight is 250 g/mol. The summed E-state index contributed by atoms with van der Waals surface area (Å²) in [6.07, 6.45) is 1.23. The lowest BCUT2D eigenvalue weighted by Gasteiger charge is -2.34. The molecule has 0 atom stereocenters. The van der Waals surface area contributed by atoms with E-state index in [1.807, 2.05) is 0 Å². The minimum absolute atomic E-state index is 0.0603.